The SMILES string of the molecule is Cc1c(CN2CC3C(Cc4ccc(N5CCOCC5)c(F)c4)C3C2)sc2ccccc12. The molecule has 5 heteroatoms. The van der Waals surface area contributed by atoms with Gasteiger partial charge >= 0.3 is 0 Å². The van der Waals surface area contributed by atoms with Gasteiger partial charge in [0.15, 0.2) is 0 Å². The number of nitrogens with zero attached hydrogens (tertiary/aromatic N) is 2. The summed E-state index contributed by atoms with van der Waals surface area (Å²) in [5.74, 6) is 2.23. The van der Waals surface area contributed by atoms with Crippen molar-refractivity contribution in [3.8, 4) is 0 Å². The first-order chi connectivity index (χ1) is 15.2. The van der Waals surface area contributed by atoms with Crippen molar-refractivity contribution < 1.29 is 9.13 Å². The summed E-state index contributed by atoms with van der Waals surface area (Å²) in [6, 6.07) is 14.6. The molecule has 3 nitrogen and oxygen atoms in total. The number of fused-ring (bicyclic) bond motifs is 2. The minimum absolute atomic E-state index is 0.0768. The predicted octanol–water partition coefficient (Wildman–Crippen LogP) is 5.11. The van der Waals surface area contributed by atoms with E-state index < -0.39 is 0 Å². The zero-order valence-corrected chi connectivity index (χ0v) is 18.8. The maximum absolute atomic E-state index is 14.7. The van der Waals surface area contributed by atoms with Crippen molar-refractivity contribution in [2.24, 2.45) is 17.8 Å². The van der Waals surface area contributed by atoms with Gasteiger partial charge in [0, 0.05) is 42.3 Å². The fourth-order valence-electron chi connectivity index (χ4n) is 5.76. The maximum Gasteiger partial charge on any atom is 0.146 e. The van der Waals surface area contributed by atoms with E-state index in [2.05, 4.69) is 47.1 Å². The van der Waals surface area contributed by atoms with Crippen molar-refractivity contribution in [1.29, 1.82) is 0 Å². The van der Waals surface area contributed by atoms with Crippen molar-refractivity contribution in [2.75, 3.05) is 44.3 Å². The number of anilines is 1. The molecule has 31 heavy (non-hydrogen) atoms. The van der Waals surface area contributed by atoms with Crippen LogP contribution >= 0.6 is 11.3 Å². The van der Waals surface area contributed by atoms with Crippen LogP contribution in [0, 0.1) is 30.5 Å². The number of aryl methyl sites for hydroxylation is 1. The molecule has 0 spiro atoms. The topological polar surface area (TPSA) is 15.7 Å². The molecular formula is C26H29FN2OS. The van der Waals surface area contributed by atoms with Crippen molar-refractivity contribution in [2.45, 2.75) is 19.9 Å². The molecule has 2 aromatic carbocycles. The number of hydrogen-bond donors (Lipinski definition) is 0. The van der Waals surface area contributed by atoms with Gasteiger partial charge < -0.3 is 9.64 Å². The highest BCUT2D eigenvalue weighted by Crippen LogP contribution is 2.53. The van der Waals surface area contributed by atoms with Gasteiger partial charge in [-0.05, 0) is 65.8 Å². The second-order valence-electron chi connectivity index (χ2n) is 9.42. The number of benzene rings is 2. The van der Waals surface area contributed by atoms with E-state index in [1.165, 1.54) is 33.6 Å². The molecule has 0 N–H and O–H groups in total. The standard InChI is InChI=1S/C26H29FN2OS/c1-17-19-4-2-3-5-25(19)31-26(17)16-28-14-21-20(22(21)15-28)12-18-6-7-24(23(27)13-18)29-8-10-30-11-9-29/h2-7,13,20-22H,8-12,14-16H2,1H3. The van der Waals surface area contributed by atoms with E-state index in [0.29, 0.717) is 13.2 Å². The number of hydrogen-bond acceptors (Lipinski definition) is 4. The van der Waals surface area contributed by atoms with Crippen LogP contribution in [0.2, 0.25) is 0 Å². The molecule has 3 fully saturated rings. The molecule has 6 rings (SSSR count). The van der Waals surface area contributed by atoms with E-state index >= 15 is 0 Å². The number of morpholine rings is 1. The van der Waals surface area contributed by atoms with E-state index in [1.54, 1.807) is 6.07 Å². The van der Waals surface area contributed by atoms with Gasteiger partial charge in [0.2, 0.25) is 0 Å². The Labute approximate surface area is 187 Å². The van der Waals surface area contributed by atoms with Crippen LogP contribution in [0.3, 0.4) is 0 Å². The van der Waals surface area contributed by atoms with Crippen molar-refractivity contribution in [1.82, 2.24) is 4.90 Å². The summed E-state index contributed by atoms with van der Waals surface area (Å²) in [6.45, 7) is 8.65. The first-order valence-corrected chi connectivity index (χ1v) is 12.3. The lowest BCUT2D eigenvalue weighted by atomic mass is 10.0. The minimum atomic E-state index is -0.0768. The Morgan fingerprint density at radius 3 is 2.58 bits per heavy atom. The van der Waals surface area contributed by atoms with Gasteiger partial charge in [-0.15, -0.1) is 11.3 Å². The second kappa shape index (κ2) is 7.88. The van der Waals surface area contributed by atoms with E-state index in [1.807, 2.05) is 17.4 Å². The molecule has 2 aliphatic heterocycles. The van der Waals surface area contributed by atoms with Crippen LogP contribution in [0.15, 0.2) is 42.5 Å². The molecule has 0 bridgehead atoms. The Morgan fingerprint density at radius 2 is 1.84 bits per heavy atom. The molecule has 3 aliphatic rings. The van der Waals surface area contributed by atoms with E-state index in [4.69, 9.17) is 4.74 Å². The zero-order valence-electron chi connectivity index (χ0n) is 18.0. The number of ether oxygens (including phenoxy) is 1. The van der Waals surface area contributed by atoms with Gasteiger partial charge in [-0.2, -0.15) is 0 Å². The Morgan fingerprint density at radius 1 is 1.06 bits per heavy atom. The third-order valence-corrected chi connectivity index (χ3v) is 8.85. The van der Waals surface area contributed by atoms with Crippen LogP contribution in [0.25, 0.3) is 10.1 Å². The summed E-state index contributed by atoms with van der Waals surface area (Å²) in [4.78, 5) is 6.24. The van der Waals surface area contributed by atoms with Crippen LogP contribution in [0.4, 0.5) is 10.1 Å². The molecule has 162 valence electrons. The number of rotatable bonds is 5. The molecule has 1 aliphatic carbocycles. The highest BCUT2D eigenvalue weighted by molar-refractivity contribution is 7.19. The Balaban J connectivity index is 1.06. The van der Waals surface area contributed by atoms with Crippen LogP contribution in [0.5, 0.6) is 0 Å². The highest BCUT2D eigenvalue weighted by Gasteiger charge is 2.54. The predicted molar refractivity (Wildman–Crippen MR) is 125 cm³/mol. The Bertz CT molecular complexity index is 1090. The minimum Gasteiger partial charge on any atom is -0.378 e. The van der Waals surface area contributed by atoms with Crippen molar-refractivity contribution in [3.63, 3.8) is 0 Å². The van der Waals surface area contributed by atoms with Crippen LogP contribution < -0.4 is 4.90 Å². The van der Waals surface area contributed by atoms with Gasteiger partial charge in [-0.3, -0.25) is 4.90 Å². The van der Waals surface area contributed by atoms with Crippen molar-refractivity contribution in [3.05, 3.63) is 64.3 Å². The molecule has 3 heterocycles. The average Bonchev–Trinajstić information content (AvgIpc) is 3.10. The largest absolute Gasteiger partial charge is 0.378 e. The molecular weight excluding hydrogens is 407 g/mol. The molecule has 2 unspecified atom stereocenters. The van der Waals surface area contributed by atoms with Crippen LogP contribution in [-0.2, 0) is 17.7 Å². The molecule has 2 saturated heterocycles. The molecule has 3 aromatic rings. The number of piperidine rings is 1. The second-order valence-corrected chi connectivity index (χ2v) is 10.6. The zero-order chi connectivity index (χ0) is 20.9. The third-order valence-electron chi connectivity index (χ3n) is 7.59. The number of thiophene rings is 1. The van der Waals surface area contributed by atoms with Crippen molar-refractivity contribution >= 4 is 27.1 Å². The fourth-order valence-corrected chi connectivity index (χ4v) is 7.01. The lowest BCUT2D eigenvalue weighted by Gasteiger charge is -2.29. The Kier molecular flexibility index (Phi) is 5.01. The first-order valence-electron chi connectivity index (χ1n) is 11.5. The highest BCUT2D eigenvalue weighted by atomic mass is 32.1. The quantitative estimate of drug-likeness (QED) is 0.553. The molecule has 0 radical (unpaired) electrons. The van der Waals surface area contributed by atoms with E-state index in [9.17, 15) is 4.39 Å². The summed E-state index contributed by atoms with van der Waals surface area (Å²) in [7, 11) is 0. The monoisotopic (exact) mass is 436 g/mol. The lowest BCUT2D eigenvalue weighted by Crippen LogP contribution is -2.36. The Hall–Kier alpha value is -1.95. The number of halogens is 1. The van der Waals surface area contributed by atoms with Gasteiger partial charge in [0.25, 0.3) is 0 Å². The average molecular weight is 437 g/mol. The van der Waals surface area contributed by atoms with Gasteiger partial charge in [0.1, 0.15) is 5.82 Å². The summed E-state index contributed by atoms with van der Waals surface area (Å²) in [6.07, 6.45) is 1.02. The lowest BCUT2D eigenvalue weighted by molar-refractivity contribution is 0.122. The fraction of sp³-hybridized carbons (Fsp3) is 0.462. The van der Waals surface area contributed by atoms with Gasteiger partial charge in [-0.25, -0.2) is 4.39 Å². The van der Waals surface area contributed by atoms with E-state index in [0.717, 1.165) is 55.1 Å². The summed E-state index contributed by atoms with van der Waals surface area (Å²) in [5, 5.41) is 1.41. The summed E-state index contributed by atoms with van der Waals surface area (Å²) in [5.41, 5.74) is 3.34. The van der Waals surface area contributed by atoms with Crippen LogP contribution in [-0.4, -0.2) is 44.3 Å². The molecule has 0 amide bonds. The summed E-state index contributed by atoms with van der Waals surface area (Å²) < 4.78 is 21.5. The third kappa shape index (κ3) is 3.67. The first kappa shape index (κ1) is 19.7. The molecule has 1 aromatic heterocycles. The molecule has 1 saturated carbocycles. The van der Waals surface area contributed by atoms with Crippen LogP contribution in [0.1, 0.15) is 16.0 Å². The van der Waals surface area contributed by atoms with Gasteiger partial charge in [0.05, 0.1) is 18.9 Å². The maximum atomic E-state index is 14.7. The molecule has 2 atom stereocenters. The number of likely N-dealkylation sites (tertiary alicyclic amines) is 1. The normalized spacial score (nSPS) is 25.9. The summed E-state index contributed by atoms with van der Waals surface area (Å²) >= 11 is 1.95. The smallest absolute Gasteiger partial charge is 0.146 e. The van der Waals surface area contributed by atoms with Gasteiger partial charge in [-0.1, -0.05) is 24.3 Å². The van der Waals surface area contributed by atoms with E-state index in [-0.39, 0.29) is 5.82 Å².